The minimum absolute atomic E-state index is 0.371. The van der Waals surface area contributed by atoms with Crippen molar-refractivity contribution in [2.45, 2.75) is 45.1 Å². The van der Waals surface area contributed by atoms with E-state index in [-0.39, 0.29) is 0 Å². The number of methoxy groups -OCH3 is 1. The van der Waals surface area contributed by atoms with E-state index in [2.05, 4.69) is 16.6 Å². The topological polar surface area (TPSA) is 49.8 Å². The highest BCUT2D eigenvalue weighted by atomic mass is 16.5. The Balaban J connectivity index is 2.48. The van der Waals surface area contributed by atoms with Gasteiger partial charge < -0.3 is 9.84 Å². The van der Waals surface area contributed by atoms with Crippen LogP contribution in [0.25, 0.3) is 0 Å². The smallest absolute Gasteiger partial charge is 0.338 e. The van der Waals surface area contributed by atoms with Crippen LogP contribution in [0.4, 0.5) is 0 Å². The normalized spacial score (nSPS) is 26.0. The average Bonchev–Trinajstić information content (AvgIpc) is 2.52. The third-order valence-corrected chi connectivity index (χ3v) is 3.67. The monoisotopic (exact) mass is 243 g/mol. The number of rotatable bonds is 4. The second-order valence-corrected chi connectivity index (χ2v) is 5.25. The Morgan fingerprint density at radius 1 is 1.47 bits per heavy atom. The van der Waals surface area contributed by atoms with Gasteiger partial charge in [-0.25, -0.2) is 4.79 Å². The van der Waals surface area contributed by atoms with E-state index in [9.17, 15) is 9.90 Å². The SMILES string of the molecule is CCC1CCCN(CC(C)(O)C(=O)OC)CC1. The van der Waals surface area contributed by atoms with Crippen molar-refractivity contribution >= 4 is 5.97 Å². The molecule has 0 aliphatic carbocycles. The van der Waals surface area contributed by atoms with E-state index in [0.717, 1.165) is 31.8 Å². The van der Waals surface area contributed by atoms with E-state index in [0.29, 0.717) is 6.54 Å². The number of carbonyl (C=O) groups is 1. The van der Waals surface area contributed by atoms with Gasteiger partial charge in [0.25, 0.3) is 0 Å². The van der Waals surface area contributed by atoms with E-state index in [4.69, 9.17) is 0 Å². The molecular weight excluding hydrogens is 218 g/mol. The summed E-state index contributed by atoms with van der Waals surface area (Å²) < 4.78 is 4.61. The predicted molar refractivity (Wildman–Crippen MR) is 66.7 cm³/mol. The van der Waals surface area contributed by atoms with Crippen molar-refractivity contribution in [1.29, 1.82) is 0 Å². The van der Waals surface area contributed by atoms with Crippen LogP contribution in [0.1, 0.15) is 39.5 Å². The summed E-state index contributed by atoms with van der Waals surface area (Å²) in [5, 5.41) is 10.0. The van der Waals surface area contributed by atoms with Gasteiger partial charge in [-0.2, -0.15) is 0 Å². The molecule has 0 aromatic rings. The summed E-state index contributed by atoms with van der Waals surface area (Å²) in [6.07, 6.45) is 4.79. The fourth-order valence-corrected chi connectivity index (χ4v) is 2.51. The van der Waals surface area contributed by atoms with Gasteiger partial charge in [0.15, 0.2) is 5.60 Å². The van der Waals surface area contributed by atoms with Crippen LogP contribution in [0.2, 0.25) is 0 Å². The molecule has 1 saturated heterocycles. The highest BCUT2D eigenvalue weighted by molar-refractivity contribution is 5.78. The third-order valence-electron chi connectivity index (χ3n) is 3.67. The van der Waals surface area contributed by atoms with Gasteiger partial charge in [0.1, 0.15) is 0 Å². The number of esters is 1. The molecule has 1 rings (SSSR count). The quantitative estimate of drug-likeness (QED) is 0.759. The Morgan fingerprint density at radius 2 is 2.18 bits per heavy atom. The Bertz CT molecular complexity index is 253. The maximum absolute atomic E-state index is 11.4. The zero-order valence-electron chi connectivity index (χ0n) is 11.2. The summed E-state index contributed by atoms with van der Waals surface area (Å²) >= 11 is 0. The Hall–Kier alpha value is -0.610. The van der Waals surface area contributed by atoms with Crippen molar-refractivity contribution in [3.8, 4) is 0 Å². The van der Waals surface area contributed by atoms with E-state index >= 15 is 0 Å². The Morgan fingerprint density at radius 3 is 2.76 bits per heavy atom. The molecule has 1 aliphatic rings. The molecule has 0 bridgehead atoms. The predicted octanol–water partition coefficient (Wildman–Crippen LogP) is 1.42. The summed E-state index contributed by atoms with van der Waals surface area (Å²) in [4.78, 5) is 13.6. The molecule has 0 radical (unpaired) electrons. The van der Waals surface area contributed by atoms with Crippen LogP contribution in [0.15, 0.2) is 0 Å². The van der Waals surface area contributed by atoms with Crippen LogP contribution >= 0.6 is 0 Å². The van der Waals surface area contributed by atoms with E-state index in [1.54, 1.807) is 0 Å². The molecule has 2 unspecified atom stereocenters. The van der Waals surface area contributed by atoms with Crippen LogP contribution in [0.5, 0.6) is 0 Å². The van der Waals surface area contributed by atoms with Crippen molar-refractivity contribution in [2.75, 3.05) is 26.7 Å². The average molecular weight is 243 g/mol. The summed E-state index contributed by atoms with van der Waals surface area (Å²) in [5.74, 6) is 0.247. The molecule has 100 valence electrons. The maximum Gasteiger partial charge on any atom is 0.338 e. The molecule has 0 saturated carbocycles. The summed E-state index contributed by atoms with van der Waals surface area (Å²) in [5.41, 5.74) is -1.39. The zero-order valence-corrected chi connectivity index (χ0v) is 11.2. The number of hydrogen-bond donors (Lipinski definition) is 1. The van der Waals surface area contributed by atoms with Crippen LogP contribution in [0.3, 0.4) is 0 Å². The van der Waals surface area contributed by atoms with Crippen molar-refractivity contribution in [2.24, 2.45) is 5.92 Å². The van der Waals surface area contributed by atoms with Crippen LogP contribution in [-0.2, 0) is 9.53 Å². The molecule has 4 nitrogen and oxygen atoms in total. The zero-order chi connectivity index (χ0) is 12.9. The third kappa shape index (κ3) is 4.28. The molecule has 1 N–H and O–H groups in total. The molecule has 1 aliphatic heterocycles. The van der Waals surface area contributed by atoms with Gasteiger partial charge in [0.2, 0.25) is 0 Å². The van der Waals surface area contributed by atoms with Crippen molar-refractivity contribution in [1.82, 2.24) is 4.90 Å². The van der Waals surface area contributed by atoms with Crippen LogP contribution in [-0.4, -0.2) is 48.3 Å². The second-order valence-electron chi connectivity index (χ2n) is 5.25. The first-order valence-electron chi connectivity index (χ1n) is 6.52. The molecule has 0 amide bonds. The molecule has 1 heterocycles. The molecule has 0 aromatic carbocycles. The fraction of sp³-hybridized carbons (Fsp3) is 0.923. The van der Waals surface area contributed by atoms with Gasteiger partial charge in [-0.05, 0) is 45.2 Å². The van der Waals surface area contributed by atoms with Crippen molar-refractivity contribution < 1.29 is 14.6 Å². The highest BCUT2D eigenvalue weighted by Crippen LogP contribution is 2.21. The van der Waals surface area contributed by atoms with Crippen LogP contribution in [0, 0.1) is 5.92 Å². The lowest BCUT2D eigenvalue weighted by Gasteiger charge is -2.28. The van der Waals surface area contributed by atoms with E-state index in [1.807, 2.05) is 0 Å². The lowest BCUT2D eigenvalue weighted by Crippen LogP contribution is -2.47. The lowest BCUT2D eigenvalue weighted by molar-refractivity contribution is -0.162. The summed E-state index contributed by atoms with van der Waals surface area (Å²) in [6, 6.07) is 0. The van der Waals surface area contributed by atoms with Crippen molar-refractivity contribution in [3.63, 3.8) is 0 Å². The number of hydrogen-bond acceptors (Lipinski definition) is 4. The molecule has 2 atom stereocenters. The number of likely N-dealkylation sites (tertiary alicyclic amines) is 1. The van der Waals surface area contributed by atoms with Gasteiger partial charge in [-0.1, -0.05) is 13.3 Å². The first-order chi connectivity index (χ1) is 7.99. The molecule has 17 heavy (non-hydrogen) atoms. The fourth-order valence-electron chi connectivity index (χ4n) is 2.51. The number of nitrogens with zero attached hydrogens (tertiary/aromatic N) is 1. The molecule has 1 fully saturated rings. The Kier molecular flexibility index (Phi) is 5.40. The van der Waals surface area contributed by atoms with Gasteiger partial charge in [0, 0.05) is 6.54 Å². The minimum atomic E-state index is -1.39. The second kappa shape index (κ2) is 6.36. The number of aliphatic hydroxyl groups is 1. The first-order valence-corrected chi connectivity index (χ1v) is 6.52. The largest absolute Gasteiger partial charge is 0.467 e. The molecular formula is C13H25NO3. The van der Waals surface area contributed by atoms with E-state index in [1.165, 1.54) is 26.9 Å². The maximum atomic E-state index is 11.4. The van der Waals surface area contributed by atoms with Gasteiger partial charge in [-0.3, -0.25) is 4.90 Å². The van der Waals surface area contributed by atoms with Gasteiger partial charge in [0.05, 0.1) is 7.11 Å². The van der Waals surface area contributed by atoms with Crippen molar-refractivity contribution in [3.05, 3.63) is 0 Å². The number of carbonyl (C=O) groups excluding carboxylic acids is 1. The molecule has 4 heteroatoms. The van der Waals surface area contributed by atoms with Crippen LogP contribution < -0.4 is 0 Å². The molecule has 0 aromatic heterocycles. The Labute approximate surface area is 104 Å². The standard InChI is InChI=1S/C13H25NO3/c1-4-11-6-5-8-14(9-7-11)10-13(2,16)12(15)17-3/h11,16H,4-10H2,1-3H3. The lowest BCUT2D eigenvalue weighted by atomic mass is 9.98. The van der Waals surface area contributed by atoms with Gasteiger partial charge in [-0.15, -0.1) is 0 Å². The highest BCUT2D eigenvalue weighted by Gasteiger charge is 2.34. The molecule has 0 spiro atoms. The number of ether oxygens (including phenoxy) is 1. The summed E-state index contributed by atoms with van der Waals surface area (Å²) in [6.45, 7) is 6.05. The summed E-state index contributed by atoms with van der Waals surface area (Å²) in [7, 11) is 1.31. The minimum Gasteiger partial charge on any atom is -0.467 e. The number of β-amino-alcohol motifs (C(OH)–C–C–N with tert-alkyl or cyclic N) is 1. The van der Waals surface area contributed by atoms with E-state index < -0.39 is 11.6 Å². The van der Waals surface area contributed by atoms with Gasteiger partial charge >= 0.3 is 5.97 Å². The first kappa shape index (κ1) is 14.5.